The molecule has 3 aromatic rings. The molecule has 3 rings (SSSR count). The van der Waals surface area contributed by atoms with Crippen LogP contribution in [0.25, 0.3) is 0 Å². The molecule has 1 aromatic heterocycles. The van der Waals surface area contributed by atoms with Gasteiger partial charge in [0.15, 0.2) is 5.82 Å². The third-order valence-corrected chi connectivity index (χ3v) is 4.45. The molecule has 26 heavy (non-hydrogen) atoms. The Kier molecular flexibility index (Phi) is 5.28. The number of anilines is 3. The van der Waals surface area contributed by atoms with Crippen LogP contribution in [-0.4, -0.2) is 9.97 Å². The Labute approximate surface area is 158 Å². The number of nitrogens with one attached hydrogen (secondary N) is 1. The summed E-state index contributed by atoms with van der Waals surface area (Å²) in [5.74, 6) is 1.90. The van der Waals surface area contributed by atoms with Crippen molar-refractivity contribution in [1.29, 1.82) is 0 Å². The molecule has 0 saturated carbocycles. The van der Waals surface area contributed by atoms with Crippen molar-refractivity contribution in [1.82, 2.24) is 9.97 Å². The summed E-state index contributed by atoms with van der Waals surface area (Å²) in [6, 6.07) is 13.5. The van der Waals surface area contributed by atoms with E-state index in [9.17, 15) is 0 Å². The van der Waals surface area contributed by atoms with Gasteiger partial charge >= 0.3 is 0 Å². The van der Waals surface area contributed by atoms with Crippen molar-refractivity contribution in [3.05, 3.63) is 64.9 Å². The summed E-state index contributed by atoms with van der Waals surface area (Å²) in [6.07, 6.45) is 1.41. The molecule has 3 N–H and O–H groups in total. The van der Waals surface area contributed by atoms with Gasteiger partial charge in [0.05, 0.1) is 0 Å². The van der Waals surface area contributed by atoms with Crippen LogP contribution in [0.2, 0.25) is 5.02 Å². The minimum absolute atomic E-state index is 0.304. The van der Waals surface area contributed by atoms with E-state index in [0.717, 1.165) is 11.3 Å². The zero-order chi connectivity index (χ0) is 18.7. The van der Waals surface area contributed by atoms with Gasteiger partial charge in [-0.3, -0.25) is 0 Å². The molecule has 0 fully saturated rings. The second-order valence-electron chi connectivity index (χ2n) is 6.36. The molecule has 2 aromatic carbocycles. The van der Waals surface area contributed by atoms with Crippen LogP contribution < -0.4 is 15.8 Å². The second-order valence-corrected chi connectivity index (χ2v) is 6.76. The highest BCUT2D eigenvalue weighted by molar-refractivity contribution is 6.31. The molecule has 0 unspecified atom stereocenters. The topological polar surface area (TPSA) is 73.1 Å². The van der Waals surface area contributed by atoms with E-state index in [1.54, 1.807) is 0 Å². The molecule has 1 heterocycles. The lowest BCUT2D eigenvalue weighted by Gasteiger charge is -2.13. The summed E-state index contributed by atoms with van der Waals surface area (Å²) < 4.78 is 5.82. The Morgan fingerprint density at radius 3 is 2.46 bits per heavy atom. The number of hydrogen-bond acceptors (Lipinski definition) is 5. The van der Waals surface area contributed by atoms with Crippen LogP contribution in [0.3, 0.4) is 0 Å². The van der Waals surface area contributed by atoms with E-state index < -0.39 is 0 Å². The highest BCUT2D eigenvalue weighted by Gasteiger charge is 2.11. The first-order valence-corrected chi connectivity index (χ1v) is 8.73. The van der Waals surface area contributed by atoms with Gasteiger partial charge in [0.25, 0.3) is 0 Å². The minimum atomic E-state index is 0.304. The number of benzene rings is 2. The van der Waals surface area contributed by atoms with Crippen molar-refractivity contribution >= 4 is 28.8 Å². The minimum Gasteiger partial charge on any atom is -0.437 e. The third-order valence-electron chi connectivity index (χ3n) is 4.04. The number of rotatable bonds is 5. The Morgan fingerprint density at radius 1 is 1.08 bits per heavy atom. The number of nitrogens with zero attached hydrogens (tertiary/aromatic N) is 2. The van der Waals surface area contributed by atoms with Gasteiger partial charge < -0.3 is 15.8 Å². The van der Waals surface area contributed by atoms with E-state index >= 15 is 0 Å². The average molecular weight is 369 g/mol. The number of halogens is 1. The van der Waals surface area contributed by atoms with E-state index in [4.69, 9.17) is 22.1 Å². The van der Waals surface area contributed by atoms with Gasteiger partial charge in [-0.15, -0.1) is 0 Å². The van der Waals surface area contributed by atoms with Gasteiger partial charge in [0, 0.05) is 10.7 Å². The van der Waals surface area contributed by atoms with Crippen LogP contribution in [0, 0.1) is 6.92 Å². The zero-order valence-electron chi connectivity index (χ0n) is 15.0. The highest BCUT2D eigenvalue weighted by Crippen LogP contribution is 2.32. The first-order chi connectivity index (χ1) is 12.4. The van der Waals surface area contributed by atoms with Crippen LogP contribution >= 0.6 is 11.6 Å². The monoisotopic (exact) mass is 368 g/mol. The normalized spacial score (nSPS) is 10.8. The maximum Gasteiger partial charge on any atom is 0.248 e. The Balaban J connectivity index is 1.81. The maximum absolute atomic E-state index is 6.18. The van der Waals surface area contributed by atoms with Crippen LogP contribution in [0.4, 0.5) is 17.2 Å². The van der Waals surface area contributed by atoms with E-state index in [2.05, 4.69) is 29.1 Å². The lowest BCUT2D eigenvalue weighted by atomic mass is 10.0. The first kappa shape index (κ1) is 18.0. The molecule has 0 bridgehead atoms. The van der Waals surface area contributed by atoms with Gasteiger partial charge in [-0.05, 0) is 48.2 Å². The molecule has 0 radical (unpaired) electrons. The summed E-state index contributed by atoms with van der Waals surface area (Å²) in [7, 11) is 0. The van der Waals surface area contributed by atoms with Gasteiger partial charge in [0.1, 0.15) is 17.8 Å². The number of hydrogen-bond donors (Lipinski definition) is 2. The SMILES string of the molecule is Cc1ccc(Nc2ncnc(Oc3ccc(C(C)C)cc3)c2N)cc1Cl. The number of aromatic nitrogens is 2. The molecular weight excluding hydrogens is 348 g/mol. The van der Waals surface area contributed by atoms with Crippen molar-refractivity contribution in [2.45, 2.75) is 26.7 Å². The number of aryl methyl sites for hydroxylation is 1. The molecule has 134 valence electrons. The van der Waals surface area contributed by atoms with E-state index in [1.807, 2.05) is 49.4 Å². The third kappa shape index (κ3) is 4.06. The number of nitrogens with two attached hydrogens (primary N) is 1. The zero-order valence-corrected chi connectivity index (χ0v) is 15.7. The van der Waals surface area contributed by atoms with Crippen molar-refractivity contribution in [2.75, 3.05) is 11.1 Å². The summed E-state index contributed by atoms with van der Waals surface area (Å²) in [5, 5.41) is 3.82. The van der Waals surface area contributed by atoms with Crippen LogP contribution in [0.5, 0.6) is 11.6 Å². The molecule has 0 atom stereocenters. The second kappa shape index (κ2) is 7.62. The lowest BCUT2D eigenvalue weighted by molar-refractivity contribution is 0.464. The predicted octanol–water partition coefficient (Wildman–Crippen LogP) is 5.68. The quantitative estimate of drug-likeness (QED) is 0.606. The molecular formula is C20H21ClN4O. The van der Waals surface area contributed by atoms with Crippen molar-refractivity contribution < 1.29 is 4.74 Å². The largest absolute Gasteiger partial charge is 0.437 e. The summed E-state index contributed by atoms with van der Waals surface area (Å²) >= 11 is 6.16. The molecule has 0 aliphatic rings. The van der Waals surface area contributed by atoms with Crippen molar-refractivity contribution in [2.24, 2.45) is 0 Å². The van der Waals surface area contributed by atoms with Gasteiger partial charge in [-0.2, -0.15) is 4.98 Å². The average Bonchev–Trinajstić information content (AvgIpc) is 2.62. The fourth-order valence-corrected chi connectivity index (χ4v) is 2.58. The van der Waals surface area contributed by atoms with E-state index in [0.29, 0.717) is 34.1 Å². The standard InChI is InChI=1S/C20H21ClN4O/c1-12(2)14-5-8-16(9-6-14)26-20-18(22)19(23-11-24-20)25-15-7-4-13(3)17(21)10-15/h4-12H,22H2,1-3H3,(H,23,24,25). The Bertz CT molecular complexity index is 910. The molecule has 5 nitrogen and oxygen atoms in total. The highest BCUT2D eigenvalue weighted by atomic mass is 35.5. The molecule has 0 saturated heterocycles. The smallest absolute Gasteiger partial charge is 0.248 e. The summed E-state index contributed by atoms with van der Waals surface area (Å²) in [4.78, 5) is 8.34. The number of ether oxygens (including phenoxy) is 1. The Hall–Kier alpha value is -2.79. The van der Waals surface area contributed by atoms with Gasteiger partial charge in [0.2, 0.25) is 5.88 Å². The van der Waals surface area contributed by atoms with E-state index in [-0.39, 0.29) is 0 Å². The predicted molar refractivity (Wildman–Crippen MR) is 107 cm³/mol. The molecule has 0 aliphatic heterocycles. The van der Waals surface area contributed by atoms with Crippen LogP contribution in [0.1, 0.15) is 30.9 Å². The van der Waals surface area contributed by atoms with Crippen LogP contribution in [-0.2, 0) is 0 Å². The summed E-state index contributed by atoms with van der Waals surface area (Å²) in [5.41, 5.74) is 9.54. The van der Waals surface area contributed by atoms with Crippen LogP contribution in [0.15, 0.2) is 48.8 Å². The van der Waals surface area contributed by atoms with Crippen molar-refractivity contribution in [3.8, 4) is 11.6 Å². The maximum atomic E-state index is 6.18. The number of nitrogen functional groups attached to an aromatic ring is 1. The van der Waals surface area contributed by atoms with Gasteiger partial charge in [-0.1, -0.05) is 43.6 Å². The molecule has 0 aliphatic carbocycles. The fourth-order valence-electron chi connectivity index (χ4n) is 2.40. The van der Waals surface area contributed by atoms with E-state index in [1.165, 1.54) is 11.9 Å². The lowest BCUT2D eigenvalue weighted by Crippen LogP contribution is -2.03. The Morgan fingerprint density at radius 2 is 1.81 bits per heavy atom. The summed E-state index contributed by atoms with van der Waals surface area (Å²) in [6.45, 7) is 6.24. The molecule has 6 heteroatoms. The van der Waals surface area contributed by atoms with Gasteiger partial charge in [-0.25, -0.2) is 4.98 Å². The molecule has 0 amide bonds. The first-order valence-electron chi connectivity index (χ1n) is 8.35. The fraction of sp³-hybridized carbons (Fsp3) is 0.200. The molecule has 0 spiro atoms. The van der Waals surface area contributed by atoms with Crippen molar-refractivity contribution in [3.63, 3.8) is 0 Å².